The van der Waals surface area contributed by atoms with Crippen molar-refractivity contribution in [1.29, 1.82) is 0 Å². The van der Waals surface area contributed by atoms with Crippen molar-refractivity contribution in [2.24, 2.45) is 0 Å². The maximum Gasteiger partial charge on any atom is 0.333 e. The number of rotatable bonds is 4. The van der Waals surface area contributed by atoms with Gasteiger partial charge in [-0.05, 0) is 179 Å². The molecule has 0 bridgehead atoms. The summed E-state index contributed by atoms with van der Waals surface area (Å²) in [5, 5.41) is 0. The third kappa shape index (κ3) is 6.18. The van der Waals surface area contributed by atoms with Gasteiger partial charge in [0.15, 0.2) is 0 Å². The zero-order valence-electron chi connectivity index (χ0n) is 42.9. The van der Waals surface area contributed by atoms with Gasteiger partial charge in [0.1, 0.15) is 0 Å². The average molecular weight is 909 g/mol. The second kappa shape index (κ2) is 14.7. The Morgan fingerprint density at radius 2 is 0.900 bits per heavy atom. The zero-order valence-corrected chi connectivity index (χ0v) is 42.9. The molecular formula is C67H65BN2. The molecule has 2 heterocycles. The van der Waals surface area contributed by atoms with Gasteiger partial charge in [-0.2, -0.15) is 0 Å². The third-order valence-corrected chi connectivity index (χ3v) is 18.1. The summed E-state index contributed by atoms with van der Waals surface area (Å²) in [6, 6.07) is 63.5. The molecule has 0 saturated carbocycles. The van der Waals surface area contributed by atoms with Crippen molar-refractivity contribution >= 4 is 46.2 Å². The Morgan fingerprint density at radius 3 is 1.56 bits per heavy atom. The second-order valence-corrected chi connectivity index (χ2v) is 24.6. The Labute approximate surface area is 417 Å². The zero-order chi connectivity index (χ0) is 48.3. The summed E-state index contributed by atoms with van der Waals surface area (Å²) in [4.78, 5) is 5.46. The van der Waals surface area contributed by atoms with Crippen LogP contribution >= 0.6 is 0 Å². The Kier molecular flexibility index (Phi) is 9.15. The van der Waals surface area contributed by atoms with E-state index in [-0.39, 0.29) is 33.9 Å². The quantitative estimate of drug-likeness (QED) is 0.162. The second-order valence-electron chi connectivity index (χ2n) is 24.6. The Bertz CT molecular complexity index is 3460. The van der Waals surface area contributed by atoms with E-state index in [1.165, 1.54) is 130 Å². The van der Waals surface area contributed by atoms with Gasteiger partial charge in [0.2, 0.25) is 0 Å². The van der Waals surface area contributed by atoms with Crippen LogP contribution in [0, 0.1) is 0 Å². The monoisotopic (exact) mass is 909 g/mol. The lowest BCUT2D eigenvalue weighted by Crippen LogP contribution is -2.62. The van der Waals surface area contributed by atoms with Crippen LogP contribution in [0.5, 0.6) is 0 Å². The topological polar surface area (TPSA) is 6.48 Å². The summed E-state index contributed by atoms with van der Waals surface area (Å²) in [5.41, 5.74) is 28.2. The van der Waals surface area contributed by atoms with Gasteiger partial charge in [-0.1, -0.05) is 184 Å². The maximum absolute atomic E-state index is 2.73. The van der Waals surface area contributed by atoms with Crippen molar-refractivity contribution in [3.05, 3.63) is 197 Å². The van der Waals surface area contributed by atoms with E-state index in [1.807, 2.05) is 0 Å². The summed E-state index contributed by atoms with van der Waals surface area (Å²) < 4.78 is 0. The molecule has 2 nitrogen and oxygen atoms in total. The molecule has 0 aromatic heterocycles. The van der Waals surface area contributed by atoms with E-state index in [2.05, 4.69) is 243 Å². The largest absolute Gasteiger partial charge is 0.376 e. The van der Waals surface area contributed by atoms with E-state index < -0.39 is 0 Å². The van der Waals surface area contributed by atoms with Gasteiger partial charge in [0.25, 0.3) is 0 Å². The number of hydrogen-bond acceptors (Lipinski definition) is 2. The molecule has 0 spiro atoms. The summed E-state index contributed by atoms with van der Waals surface area (Å²) >= 11 is 0. The van der Waals surface area contributed by atoms with Crippen LogP contribution in [0.25, 0.3) is 44.5 Å². The normalized spacial score (nSPS) is 18.7. The molecule has 346 valence electrons. The molecule has 2 aliphatic heterocycles. The van der Waals surface area contributed by atoms with Gasteiger partial charge in [-0.3, -0.25) is 0 Å². The fraction of sp³-hybridized carbons (Fsp3) is 0.284. The highest BCUT2D eigenvalue weighted by molar-refractivity contribution is 6.93. The Morgan fingerprint density at radius 1 is 0.371 bits per heavy atom. The van der Waals surface area contributed by atoms with Crippen molar-refractivity contribution in [2.75, 3.05) is 9.71 Å². The summed E-state index contributed by atoms with van der Waals surface area (Å²) in [6.45, 7) is 24.7. The lowest BCUT2D eigenvalue weighted by atomic mass is 9.42. The lowest BCUT2D eigenvalue weighted by molar-refractivity contribution is 0.332. The van der Waals surface area contributed by atoms with Gasteiger partial charge in [0.05, 0.1) is 0 Å². The molecule has 0 unspecified atom stereocenters. The predicted octanol–water partition coefficient (Wildman–Crippen LogP) is 16.7. The van der Waals surface area contributed by atoms with Gasteiger partial charge < -0.3 is 9.71 Å². The summed E-state index contributed by atoms with van der Waals surface area (Å²) in [6.07, 6.45) is 4.68. The van der Waals surface area contributed by atoms with E-state index >= 15 is 0 Å². The standard InChI is InChI=1S/C67H65BN2/c1-63(2)33-34-64(3,4)53-38-47(30-31-52(53)63)69-58-41-55-54(65(5,6)35-36-66(55,7)8)40-56(58)68-62-59(69)39-49-48-23-17-18-24-51(48)67(9,10)61(49)60(62)50-37-45(43-21-15-12-16-22-43)27-32-57(50)70(68)46-28-25-44(26-29-46)42-19-13-11-14-20-42/h11-32,37-41H,33-36H2,1-10H3. The molecule has 8 aromatic carbocycles. The van der Waals surface area contributed by atoms with Crippen molar-refractivity contribution in [2.45, 2.75) is 122 Å². The van der Waals surface area contributed by atoms with E-state index in [0.717, 1.165) is 12.8 Å². The minimum atomic E-state index is -0.241. The van der Waals surface area contributed by atoms with Gasteiger partial charge in [-0.15, -0.1) is 0 Å². The van der Waals surface area contributed by atoms with Crippen molar-refractivity contribution < 1.29 is 0 Å². The highest BCUT2D eigenvalue weighted by Gasteiger charge is 2.51. The first-order valence-electron chi connectivity index (χ1n) is 26.0. The van der Waals surface area contributed by atoms with Crippen LogP contribution in [0.4, 0.5) is 28.4 Å². The molecule has 0 amide bonds. The fourth-order valence-electron chi connectivity index (χ4n) is 13.9. The first kappa shape index (κ1) is 43.4. The predicted molar refractivity (Wildman–Crippen MR) is 299 cm³/mol. The first-order chi connectivity index (χ1) is 33.4. The van der Waals surface area contributed by atoms with Crippen LogP contribution in [0.1, 0.15) is 128 Å². The van der Waals surface area contributed by atoms with Gasteiger partial charge in [0, 0.05) is 39.4 Å². The molecule has 13 rings (SSSR count). The van der Waals surface area contributed by atoms with Gasteiger partial charge in [-0.25, -0.2) is 0 Å². The molecule has 0 radical (unpaired) electrons. The maximum atomic E-state index is 2.73. The lowest BCUT2D eigenvalue weighted by Gasteiger charge is -2.49. The molecular weight excluding hydrogens is 844 g/mol. The van der Waals surface area contributed by atoms with Crippen LogP contribution < -0.4 is 20.6 Å². The number of nitrogens with zero attached hydrogens (tertiary/aromatic N) is 2. The molecule has 70 heavy (non-hydrogen) atoms. The van der Waals surface area contributed by atoms with Crippen molar-refractivity contribution in [3.8, 4) is 44.5 Å². The van der Waals surface area contributed by atoms with E-state index in [4.69, 9.17) is 0 Å². The molecule has 8 aromatic rings. The minimum Gasteiger partial charge on any atom is -0.376 e. The number of benzene rings is 8. The molecule has 5 aliphatic rings. The van der Waals surface area contributed by atoms with Gasteiger partial charge >= 0.3 is 6.85 Å². The number of anilines is 5. The smallest absolute Gasteiger partial charge is 0.333 e. The Balaban J connectivity index is 1.19. The molecule has 0 N–H and O–H groups in total. The number of hydrogen-bond donors (Lipinski definition) is 0. The summed E-state index contributed by atoms with van der Waals surface area (Å²) in [7, 11) is 0. The first-order valence-corrected chi connectivity index (χ1v) is 26.0. The highest BCUT2D eigenvalue weighted by Crippen LogP contribution is 2.59. The molecule has 3 heteroatoms. The van der Waals surface area contributed by atoms with Crippen LogP contribution in [-0.4, -0.2) is 6.85 Å². The number of fused-ring (bicyclic) bond motifs is 10. The van der Waals surface area contributed by atoms with E-state index in [0.29, 0.717) is 0 Å². The summed E-state index contributed by atoms with van der Waals surface area (Å²) in [5.74, 6) is 0. The van der Waals surface area contributed by atoms with E-state index in [1.54, 1.807) is 0 Å². The SMILES string of the molecule is CC1(C)CCC(C)(C)c2cc(N3c4cc5c(cc4B4c6c3cc3c(c6-c6cc(-c7ccccc7)ccc6N4c4ccc(-c6ccccc6)cc4)C(C)(C)c4ccccc4-3)C(C)(C)CCC5(C)C)ccc21. The minimum absolute atomic E-state index is 0.0239. The van der Waals surface area contributed by atoms with Crippen LogP contribution in [0.15, 0.2) is 164 Å². The average Bonchev–Trinajstić information content (AvgIpc) is 3.59. The fourth-order valence-corrected chi connectivity index (χ4v) is 13.9. The molecule has 0 saturated heterocycles. The Hall–Kier alpha value is -6.58. The van der Waals surface area contributed by atoms with Crippen LogP contribution in [-0.2, 0) is 27.1 Å². The van der Waals surface area contributed by atoms with E-state index in [9.17, 15) is 0 Å². The highest BCUT2D eigenvalue weighted by atomic mass is 15.2. The molecule has 0 fully saturated rings. The third-order valence-electron chi connectivity index (χ3n) is 18.1. The molecule has 3 aliphatic carbocycles. The van der Waals surface area contributed by atoms with Crippen molar-refractivity contribution in [1.82, 2.24) is 0 Å². The van der Waals surface area contributed by atoms with Crippen LogP contribution in [0.2, 0.25) is 0 Å². The molecule has 0 atom stereocenters. The van der Waals surface area contributed by atoms with Crippen LogP contribution in [0.3, 0.4) is 0 Å². The van der Waals surface area contributed by atoms with Crippen molar-refractivity contribution in [3.63, 3.8) is 0 Å².